The van der Waals surface area contributed by atoms with Gasteiger partial charge in [-0.1, -0.05) is 18.2 Å². The number of hydrogen-bond donors (Lipinski definition) is 1. The molecule has 0 radical (unpaired) electrons. The van der Waals surface area contributed by atoms with Crippen LogP contribution in [0.25, 0.3) is 5.69 Å². The molecule has 2 heterocycles. The minimum atomic E-state index is -0.702. The number of nitrogens with one attached hydrogen (secondary N) is 1. The van der Waals surface area contributed by atoms with E-state index in [1.54, 1.807) is 18.2 Å². The van der Waals surface area contributed by atoms with Gasteiger partial charge in [-0.2, -0.15) is 9.49 Å². The van der Waals surface area contributed by atoms with E-state index in [1.165, 1.54) is 35.5 Å². The van der Waals surface area contributed by atoms with Crippen molar-refractivity contribution in [1.29, 1.82) is 0 Å². The third kappa shape index (κ3) is 2.76. The molecule has 0 aliphatic carbocycles. The molecule has 0 spiro atoms. The molecular formula is C14H10FN5O. The molecule has 0 atom stereocenters. The Balaban J connectivity index is 1.90. The van der Waals surface area contributed by atoms with E-state index in [4.69, 9.17) is 0 Å². The lowest BCUT2D eigenvalue weighted by Gasteiger charge is -2.10. The molecule has 1 aromatic carbocycles. The Morgan fingerprint density at radius 1 is 1.14 bits per heavy atom. The van der Waals surface area contributed by atoms with Crippen LogP contribution < -0.4 is 5.32 Å². The van der Waals surface area contributed by atoms with E-state index >= 15 is 0 Å². The highest BCUT2D eigenvalue weighted by Crippen LogP contribution is 2.19. The Kier molecular flexibility index (Phi) is 3.38. The standard InChI is InChI=1S/C14H10FN5O/c15-13-7-3-5-11(18-13)14(21)19-10-4-1-2-6-12(10)20-9-16-8-17-20/h1-9H,(H,19,21). The summed E-state index contributed by atoms with van der Waals surface area (Å²) in [4.78, 5) is 19.5. The third-order valence-electron chi connectivity index (χ3n) is 2.77. The Morgan fingerprint density at radius 2 is 2.00 bits per heavy atom. The second-order valence-corrected chi connectivity index (χ2v) is 4.16. The van der Waals surface area contributed by atoms with Gasteiger partial charge in [0.1, 0.15) is 18.3 Å². The van der Waals surface area contributed by atoms with Crippen LogP contribution in [0.3, 0.4) is 0 Å². The summed E-state index contributed by atoms with van der Waals surface area (Å²) in [6, 6.07) is 11.1. The Labute approximate surface area is 119 Å². The molecule has 0 aliphatic heterocycles. The molecule has 0 saturated heterocycles. The number of halogens is 1. The molecule has 0 unspecified atom stereocenters. The van der Waals surface area contributed by atoms with Crippen LogP contribution in [0.5, 0.6) is 0 Å². The zero-order chi connectivity index (χ0) is 14.7. The summed E-state index contributed by atoms with van der Waals surface area (Å²) in [6.45, 7) is 0. The molecular weight excluding hydrogens is 273 g/mol. The number of rotatable bonds is 3. The number of carbonyl (C=O) groups is 1. The number of benzene rings is 1. The van der Waals surface area contributed by atoms with Gasteiger partial charge in [-0.3, -0.25) is 4.79 Å². The zero-order valence-electron chi connectivity index (χ0n) is 10.8. The summed E-state index contributed by atoms with van der Waals surface area (Å²) in [5.74, 6) is -1.20. The first kappa shape index (κ1) is 12.9. The van der Waals surface area contributed by atoms with E-state index in [1.807, 2.05) is 6.07 Å². The fourth-order valence-electron chi connectivity index (χ4n) is 1.83. The van der Waals surface area contributed by atoms with E-state index in [-0.39, 0.29) is 5.69 Å². The SMILES string of the molecule is O=C(Nc1ccccc1-n1cncn1)c1cccc(F)n1. The Hall–Kier alpha value is -3.09. The number of anilines is 1. The maximum Gasteiger partial charge on any atom is 0.274 e. The second kappa shape index (κ2) is 5.49. The second-order valence-electron chi connectivity index (χ2n) is 4.16. The van der Waals surface area contributed by atoms with Gasteiger partial charge in [0.15, 0.2) is 0 Å². The predicted octanol–water partition coefficient (Wildman–Crippen LogP) is 2.05. The van der Waals surface area contributed by atoms with Crippen molar-refractivity contribution in [1.82, 2.24) is 19.7 Å². The van der Waals surface area contributed by atoms with Crippen molar-refractivity contribution in [2.45, 2.75) is 0 Å². The smallest absolute Gasteiger partial charge is 0.274 e. The van der Waals surface area contributed by atoms with E-state index < -0.39 is 11.9 Å². The lowest BCUT2D eigenvalue weighted by Crippen LogP contribution is -2.15. The van der Waals surface area contributed by atoms with Gasteiger partial charge in [0, 0.05) is 0 Å². The normalized spacial score (nSPS) is 10.3. The van der Waals surface area contributed by atoms with Crippen LogP contribution in [0.1, 0.15) is 10.5 Å². The number of aromatic nitrogens is 4. The van der Waals surface area contributed by atoms with Crippen LogP contribution in [-0.2, 0) is 0 Å². The summed E-state index contributed by atoms with van der Waals surface area (Å²) in [6.07, 6.45) is 2.91. The number of amides is 1. The van der Waals surface area contributed by atoms with Crippen molar-refractivity contribution < 1.29 is 9.18 Å². The number of nitrogens with zero attached hydrogens (tertiary/aromatic N) is 4. The molecule has 3 rings (SSSR count). The average Bonchev–Trinajstić information content (AvgIpc) is 3.02. The predicted molar refractivity (Wildman–Crippen MR) is 73.5 cm³/mol. The molecule has 6 nitrogen and oxygen atoms in total. The minimum Gasteiger partial charge on any atom is -0.319 e. The maximum absolute atomic E-state index is 13.1. The van der Waals surface area contributed by atoms with Crippen LogP contribution in [0, 0.1) is 5.95 Å². The molecule has 1 N–H and O–H groups in total. The summed E-state index contributed by atoms with van der Waals surface area (Å²) >= 11 is 0. The number of para-hydroxylation sites is 2. The van der Waals surface area contributed by atoms with E-state index in [2.05, 4.69) is 20.4 Å². The van der Waals surface area contributed by atoms with Gasteiger partial charge < -0.3 is 5.32 Å². The number of hydrogen-bond acceptors (Lipinski definition) is 4. The highest BCUT2D eigenvalue weighted by molar-refractivity contribution is 6.03. The van der Waals surface area contributed by atoms with Crippen molar-refractivity contribution in [2.24, 2.45) is 0 Å². The fourth-order valence-corrected chi connectivity index (χ4v) is 1.83. The van der Waals surface area contributed by atoms with E-state index in [9.17, 15) is 9.18 Å². The van der Waals surface area contributed by atoms with Crippen LogP contribution in [0.15, 0.2) is 55.1 Å². The van der Waals surface area contributed by atoms with Crippen LogP contribution in [-0.4, -0.2) is 25.7 Å². The van der Waals surface area contributed by atoms with E-state index in [0.29, 0.717) is 11.4 Å². The van der Waals surface area contributed by atoms with Gasteiger partial charge in [0.05, 0.1) is 11.4 Å². The molecule has 0 aliphatic rings. The van der Waals surface area contributed by atoms with Gasteiger partial charge in [-0.25, -0.2) is 14.6 Å². The molecule has 3 aromatic rings. The monoisotopic (exact) mass is 283 g/mol. The van der Waals surface area contributed by atoms with Crippen molar-refractivity contribution in [2.75, 3.05) is 5.32 Å². The molecule has 104 valence electrons. The first-order valence-corrected chi connectivity index (χ1v) is 6.12. The van der Waals surface area contributed by atoms with Gasteiger partial charge in [0.2, 0.25) is 5.95 Å². The summed E-state index contributed by atoms with van der Waals surface area (Å²) < 4.78 is 14.6. The van der Waals surface area contributed by atoms with Crippen molar-refractivity contribution in [3.63, 3.8) is 0 Å². The molecule has 0 bridgehead atoms. The average molecular weight is 283 g/mol. The summed E-state index contributed by atoms with van der Waals surface area (Å²) in [5, 5.41) is 6.71. The quantitative estimate of drug-likeness (QED) is 0.747. The fraction of sp³-hybridized carbons (Fsp3) is 0. The van der Waals surface area contributed by atoms with E-state index in [0.717, 1.165) is 0 Å². The van der Waals surface area contributed by atoms with Crippen LogP contribution in [0.2, 0.25) is 0 Å². The number of pyridine rings is 1. The van der Waals surface area contributed by atoms with Crippen molar-refractivity contribution >= 4 is 11.6 Å². The first-order chi connectivity index (χ1) is 10.2. The first-order valence-electron chi connectivity index (χ1n) is 6.12. The zero-order valence-corrected chi connectivity index (χ0v) is 10.8. The van der Waals surface area contributed by atoms with Gasteiger partial charge in [-0.15, -0.1) is 0 Å². The molecule has 0 saturated carbocycles. The van der Waals surface area contributed by atoms with Crippen molar-refractivity contribution in [3.05, 3.63) is 66.8 Å². The van der Waals surface area contributed by atoms with Crippen LogP contribution >= 0.6 is 0 Å². The molecule has 7 heteroatoms. The Morgan fingerprint density at radius 3 is 2.76 bits per heavy atom. The Bertz CT molecular complexity index is 773. The van der Waals surface area contributed by atoms with Crippen LogP contribution in [0.4, 0.5) is 10.1 Å². The highest BCUT2D eigenvalue weighted by atomic mass is 19.1. The van der Waals surface area contributed by atoms with Gasteiger partial charge >= 0.3 is 0 Å². The molecule has 21 heavy (non-hydrogen) atoms. The van der Waals surface area contributed by atoms with Gasteiger partial charge in [0.25, 0.3) is 5.91 Å². The minimum absolute atomic E-state index is 0.00314. The molecule has 2 aromatic heterocycles. The summed E-state index contributed by atoms with van der Waals surface area (Å²) in [7, 11) is 0. The van der Waals surface area contributed by atoms with Gasteiger partial charge in [-0.05, 0) is 24.3 Å². The largest absolute Gasteiger partial charge is 0.319 e. The molecule has 0 fully saturated rings. The molecule has 1 amide bonds. The summed E-state index contributed by atoms with van der Waals surface area (Å²) in [5.41, 5.74) is 1.18. The topological polar surface area (TPSA) is 72.7 Å². The van der Waals surface area contributed by atoms with Crippen molar-refractivity contribution in [3.8, 4) is 5.69 Å². The lowest BCUT2D eigenvalue weighted by molar-refractivity contribution is 0.102. The maximum atomic E-state index is 13.1. The number of carbonyl (C=O) groups excluding carboxylic acids is 1. The highest BCUT2D eigenvalue weighted by Gasteiger charge is 2.12. The lowest BCUT2D eigenvalue weighted by atomic mass is 10.2. The third-order valence-corrected chi connectivity index (χ3v) is 2.77.